The van der Waals surface area contributed by atoms with Gasteiger partial charge in [0.2, 0.25) is 0 Å². The molecule has 0 aliphatic carbocycles. The monoisotopic (exact) mass is 395 g/mol. The summed E-state index contributed by atoms with van der Waals surface area (Å²) in [5, 5.41) is 3.21. The quantitative estimate of drug-likeness (QED) is 0.699. The third kappa shape index (κ3) is 5.68. The van der Waals surface area contributed by atoms with E-state index in [9.17, 15) is 4.79 Å². The minimum Gasteiger partial charge on any atom is -0.346 e. The van der Waals surface area contributed by atoms with Gasteiger partial charge in [-0.3, -0.25) is 4.79 Å². The summed E-state index contributed by atoms with van der Waals surface area (Å²) in [6, 6.07) is 17.1. The Morgan fingerprint density at radius 3 is 2.10 bits per heavy atom. The lowest BCUT2D eigenvalue weighted by Gasteiger charge is -2.33. The molecule has 156 valence electrons. The number of hydrogen-bond acceptors (Lipinski definition) is 1. The lowest BCUT2D eigenvalue weighted by molar-refractivity contribution is -1.02. The average Bonchev–Trinajstić information content (AvgIpc) is 2.70. The van der Waals surface area contributed by atoms with Crippen molar-refractivity contribution in [3.8, 4) is 0 Å². The number of carbonyl (C=O) groups is 1. The van der Waals surface area contributed by atoms with Crippen LogP contribution in [0.2, 0.25) is 0 Å². The standard InChI is InChI=1S/C25H35N3O/c1-19-6-8-20(9-7-19)23(28-16-14-27(5)15-17-28)18-26-24(29)21-10-12-22(13-11-21)25(2,3)4/h6-13,23H,14-18H2,1-5H3,(H,26,29)/p+2/t23-/m1/s1. The molecule has 0 aromatic heterocycles. The summed E-state index contributed by atoms with van der Waals surface area (Å²) < 4.78 is 0. The fraction of sp³-hybridized carbons (Fsp3) is 0.480. The maximum absolute atomic E-state index is 12.8. The van der Waals surface area contributed by atoms with Gasteiger partial charge in [-0.25, -0.2) is 0 Å². The van der Waals surface area contributed by atoms with E-state index in [0.29, 0.717) is 12.6 Å². The van der Waals surface area contributed by atoms with Crippen LogP contribution in [0.25, 0.3) is 0 Å². The van der Waals surface area contributed by atoms with Crippen LogP contribution in [0, 0.1) is 6.92 Å². The Hall–Kier alpha value is -2.17. The molecule has 4 nitrogen and oxygen atoms in total. The second-order valence-corrected chi connectivity index (χ2v) is 9.62. The molecule has 4 heteroatoms. The van der Waals surface area contributed by atoms with Gasteiger partial charge in [-0.15, -0.1) is 0 Å². The first kappa shape index (κ1) is 21.5. The first-order valence-electron chi connectivity index (χ1n) is 10.9. The number of rotatable bonds is 5. The first-order valence-corrected chi connectivity index (χ1v) is 10.9. The van der Waals surface area contributed by atoms with Crippen LogP contribution in [-0.2, 0) is 5.41 Å². The highest BCUT2D eigenvalue weighted by Crippen LogP contribution is 2.22. The highest BCUT2D eigenvalue weighted by atomic mass is 16.1. The second kappa shape index (κ2) is 9.10. The number of aryl methyl sites for hydroxylation is 1. The minimum atomic E-state index is 0.0155. The van der Waals surface area contributed by atoms with Crippen molar-refractivity contribution in [1.82, 2.24) is 5.32 Å². The molecule has 1 saturated heterocycles. The molecule has 1 fully saturated rings. The SMILES string of the molecule is Cc1ccc([C@@H](CNC(=O)c2ccc(C(C)(C)C)cc2)[NH+]2CC[NH+](C)CC2)cc1. The molecule has 2 aromatic rings. The summed E-state index contributed by atoms with van der Waals surface area (Å²) in [7, 11) is 2.26. The van der Waals surface area contributed by atoms with E-state index in [4.69, 9.17) is 0 Å². The van der Waals surface area contributed by atoms with Crippen LogP contribution >= 0.6 is 0 Å². The summed E-state index contributed by atoms with van der Waals surface area (Å²) in [4.78, 5) is 16.0. The molecule has 1 heterocycles. The first-order chi connectivity index (χ1) is 13.7. The number of quaternary nitrogens is 2. The van der Waals surface area contributed by atoms with Crippen LogP contribution < -0.4 is 15.1 Å². The van der Waals surface area contributed by atoms with Gasteiger partial charge in [0.05, 0.1) is 13.6 Å². The normalized spacial score (nSPS) is 20.9. The highest BCUT2D eigenvalue weighted by molar-refractivity contribution is 5.94. The lowest BCUT2D eigenvalue weighted by Crippen LogP contribution is -3.27. The van der Waals surface area contributed by atoms with Gasteiger partial charge in [-0.2, -0.15) is 0 Å². The maximum Gasteiger partial charge on any atom is 0.251 e. The molecule has 29 heavy (non-hydrogen) atoms. The van der Waals surface area contributed by atoms with E-state index in [0.717, 1.165) is 18.7 Å². The Labute approximate surface area is 175 Å². The smallest absolute Gasteiger partial charge is 0.251 e. The van der Waals surface area contributed by atoms with Crippen molar-refractivity contribution in [2.24, 2.45) is 0 Å². The van der Waals surface area contributed by atoms with E-state index < -0.39 is 0 Å². The van der Waals surface area contributed by atoms with Gasteiger partial charge >= 0.3 is 0 Å². The Morgan fingerprint density at radius 2 is 1.55 bits per heavy atom. The molecule has 0 spiro atoms. The number of benzene rings is 2. The van der Waals surface area contributed by atoms with E-state index in [1.807, 2.05) is 12.1 Å². The summed E-state index contributed by atoms with van der Waals surface area (Å²) in [6.07, 6.45) is 0. The molecule has 2 aromatic carbocycles. The van der Waals surface area contributed by atoms with Crippen LogP contribution in [0.4, 0.5) is 0 Å². The summed E-state index contributed by atoms with van der Waals surface area (Å²) >= 11 is 0. The molecule has 0 saturated carbocycles. The van der Waals surface area contributed by atoms with Crippen LogP contribution in [0.15, 0.2) is 48.5 Å². The van der Waals surface area contributed by atoms with Crippen LogP contribution in [0.5, 0.6) is 0 Å². The van der Waals surface area contributed by atoms with Crippen molar-refractivity contribution < 1.29 is 14.6 Å². The Bertz CT molecular complexity index is 797. The van der Waals surface area contributed by atoms with Crippen molar-refractivity contribution >= 4 is 5.91 Å². The Balaban J connectivity index is 1.70. The number of amides is 1. The van der Waals surface area contributed by atoms with Crippen molar-refractivity contribution in [3.05, 3.63) is 70.8 Å². The largest absolute Gasteiger partial charge is 0.346 e. The van der Waals surface area contributed by atoms with Crippen LogP contribution in [-0.4, -0.2) is 45.7 Å². The predicted octanol–water partition coefficient (Wildman–Crippen LogP) is 1.18. The van der Waals surface area contributed by atoms with Crippen molar-refractivity contribution in [2.75, 3.05) is 39.8 Å². The fourth-order valence-corrected chi connectivity index (χ4v) is 4.06. The van der Waals surface area contributed by atoms with Crippen molar-refractivity contribution in [1.29, 1.82) is 0 Å². The summed E-state index contributed by atoms with van der Waals surface area (Å²) in [5.74, 6) is 0.0155. The number of nitrogens with one attached hydrogen (secondary N) is 3. The van der Waals surface area contributed by atoms with E-state index in [2.05, 4.69) is 76.5 Å². The number of carbonyl (C=O) groups excluding carboxylic acids is 1. The predicted molar refractivity (Wildman–Crippen MR) is 119 cm³/mol. The van der Waals surface area contributed by atoms with Gasteiger partial charge in [0.25, 0.3) is 5.91 Å². The number of piperazine rings is 1. The summed E-state index contributed by atoms with van der Waals surface area (Å²) in [6.45, 7) is 14.0. The van der Waals surface area contributed by atoms with E-state index in [1.54, 1.807) is 9.80 Å². The molecule has 0 radical (unpaired) electrons. The Kier molecular flexibility index (Phi) is 6.76. The zero-order chi connectivity index (χ0) is 21.0. The molecule has 1 amide bonds. The molecule has 1 aliphatic heterocycles. The third-order valence-electron chi connectivity index (χ3n) is 6.20. The van der Waals surface area contributed by atoms with Gasteiger partial charge in [-0.05, 0) is 30.0 Å². The van der Waals surface area contributed by atoms with E-state index in [-0.39, 0.29) is 11.3 Å². The molecule has 0 unspecified atom stereocenters. The zero-order valence-electron chi connectivity index (χ0n) is 18.6. The molecule has 3 N–H and O–H groups in total. The fourth-order valence-electron chi connectivity index (χ4n) is 4.06. The molecule has 3 rings (SSSR count). The van der Waals surface area contributed by atoms with Crippen LogP contribution in [0.1, 0.15) is 53.9 Å². The average molecular weight is 396 g/mol. The Morgan fingerprint density at radius 1 is 0.966 bits per heavy atom. The third-order valence-corrected chi connectivity index (χ3v) is 6.20. The van der Waals surface area contributed by atoms with Crippen molar-refractivity contribution in [2.45, 2.75) is 39.2 Å². The molecule has 1 aliphatic rings. The second-order valence-electron chi connectivity index (χ2n) is 9.62. The molecule has 0 bridgehead atoms. The highest BCUT2D eigenvalue weighted by Gasteiger charge is 2.29. The molecule has 1 atom stereocenters. The molecular weight excluding hydrogens is 358 g/mol. The molecular formula is C25H37N3O+2. The lowest BCUT2D eigenvalue weighted by atomic mass is 9.87. The zero-order valence-corrected chi connectivity index (χ0v) is 18.6. The van der Waals surface area contributed by atoms with Gasteiger partial charge < -0.3 is 15.1 Å². The van der Waals surface area contributed by atoms with Crippen LogP contribution in [0.3, 0.4) is 0 Å². The summed E-state index contributed by atoms with van der Waals surface area (Å²) in [5.41, 5.74) is 4.66. The number of hydrogen-bond donors (Lipinski definition) is 3. The minimum absolute atomic E-state index is 0.0155. The van der Waals surface area contributed by atoms with E-state index >= 15 is 0 Å². The maximum atomic E-state index is 12.8. The van der Waals surface area contributed by atoms with E-state index in [1.165, 1.54) is 29.8 Å². The number of likely N-dealkylation sites (N-methyl/N-ethyl adjacent to an activating group) is 1. The van der Waals surface area contributed by atoms with Gasteiger partial charge in [0.1, 0.15) is 32.2 Å². The topological polar surface area (TPSA) is 38.0 Å². The van der Waals surface area contributed by atoms with Gasteiger partial charge in [-0.1, -0.05) is 62.7 Å². The van der Waals surface area contributed by atoms with Gasteiger partial charge in [0, 0.05) is 11.1 Å². The van der Waals surface area contributed by atoms with Crippen molar-refractivity contribution in [3.63, 3.8) is 0 Å². The van der Waals surface area contributed by atoms with Gasteiger partial charge in [0.15, 0.2) is 0 Å².